The van der Waals surface area contributed by atoms with Crippen molar-refractivity contribution in [2.75, 3.05) is 39.5 Å². The summed E-state index contributed by atoms with van der Waals surface area (Å²) in [7, 11) is -7.23. The minimum absolute atomic E-state index is 0.0492. The van der Waals surface area contributed by atoms with E-state index >= 15 is 0 Å². The lowest BCUT2D eigenvalue weighted by Crippen LogP contribution is -2.28. The molecule has 2 aliphatic heterocycles. The fourth-order valence-corrected chi connectivity index (χ4v) is 5.91. The molecule has 0 aromatic heterocycles. The summed E-state index contributed by atoms with van der Waals surface area (Å²) < 4.78 is 64.6. The summed E-state index contributed by atoms with van der Waals surface area (Å²) in [5.74, 6) is 0. The van der Waals surface area contributed by atoms with Gasteiger partial charge in [0, 0.05) is 32.8 Å². The Morgan fingerprint density at radius 1 is 1.04 bits per heavy atom. The number of benzene rings is 1. The van der Waals surface area contributed by atoms with Crippen molar-refractivity contribution < 1.29 is 26.3 Å². The average molecular weight is 433 g/mol. The first-order valence-corrected chi connectivity index (χ1v) is 12.6. The van der Waals surface area contributed by atoms with Gasteiger partial charge in [-0.25, -0.2) is 21.6 Å². The summed E-state index contributed by atoms with van der Waals surface area (Å²) in [5, 5.41) is 0. The van der Waals surface area contributed by atoms with Crippen molar-refractivity contribution in [3.63, 3.8) is 0 Å². The van der Waals surface area contributed by atoms with Crippen LogP contribution in [0.2, 0.25) is 0 Å². The van der Waals surface area contributed by atoms with Crippen LogP contribution in [0.3, 0.4) is 0 Å². The zero-order valence-corrected chi connectivity index (χ0v) is 17.5. The predicted molar refractivity (Wildman–Crippen MR) is 104 cm³/mol. The van der Waals surface area contributed by atoms with Gasteiger partial charge in [-0.3, -0.25) is 0 Å². The molecule has 0 bridgehead atoms. The van der Waals surface area contributed by atoms with Crippen LogP contribution in [-0.2, 0) is 29.5 Å². The van der Waals surface area contributed by atoms with Crippen LogP contribution in [0.25, 0.3) is 0 Å². The molecule has 2 heterocycles. The van der Waals surface area contributed by atoms with Crippen molar-refractivity contribution in [2.24, 2.45) is 0 Å². The molecule has 0 spiro atoms. The van der Waals surface area contributed by atoms with Crippen LogP contribution in [0.15, 0.2) is 34.1 Å². The van der Waals surface area contributed by atoms with Crippen molar-refractivity contribution in [1.82, 2.24) is 9.03 Å². The summed E-state index contributed by atoms with van der Waals surface area (Å²) in [6.45, 7) is 3.06. The zero-order valence-electron chi connectivity index (χ0n) is 15.9. The second-order valence-electron chi connectivity index (χ2n) is 7.04. The lowest BCUT2D eigenvalue weighted by atomic mass is 10.2. The van der Waals surface area contributed by atoms with Crippen LogP contribution in [-0.4, -0.2) is 66.7 Å². The highest BCUT2D eigenvalue weighted by atomic mass is 32.2. The van der Waals surface area contributed by atoms with E-state index in [0.29, 0.717) is 32.7 Å². The molecule has 1 N–H and O–H groups in total. The molecule has 28 heavy (non-hydrogen) atoms. The number of nitrogens with zero attached hydrogens (tertiary/aromatic N) is 1. The first kappa shape index (κ1) is 21.7. The Kier molecular flexibility index (Phi) is 7.46. The number of ether oxygens (including phenoxy) is 2. The molecule has 8 nitrogen and oxygen atoms in total. The Morgan fingerprint density at radius 2 is 1.71 bits per heavy atom. The molecule has 1 atom stereocenters. The molecule has 158 valence electrons. The molecule has 2 saturated heterocycles. The number of hydrogen-bond donors (Lipinski definition) is 1. The van der Waals surface area contributed by atoms with Gasteiger partial charge in [0.05, 0.1) is 22.5 Å². The highest BCUT2D eigenvalue weighted by molar-refractivity contribution is 7.89. The molecule has 0 aliphatic carbocycles. The van der Waals surface area contributed by atoms with Gasteiger partial charge in [0.25, 0.3) is 0 Å². The first-order valence-electron chi connectivity index (χ1n) is 9.69. The zero-order chi connectivity index (χ0) is 20.0. The second-order valence-corrected chi connectivity index (χ2v) is 10.7. The van der Waals surface area contributed by atoms with Gasteiger partial charge in [-0.1, -0.05) is 0 Å². The van der Waals surface area contributed by atoms with Crippen molar-refractivity contribution in [3.8, 4) is 0 Å². The predicted octanol–water partition coefficient (Wildman–Crippen LogP) is 1.34. The van der Waals surface area contributed by atoms with E-state index in [-0.39, 0.29) is 22.4 Å². The van der Waals surface area contributed by atoms with E-state index in [1.807, 2.05) is 0 Å². The summed E-state index contributed by atoms with van der Waals surface area (Å²) >= 11 is 0. The highest BCUT2D eigenvalue weighted by Crippen LogP contribution is 2.22. The maximum atomic E-state index is 12.5. The molecule has 1 aromatic carbocycles. The van der Waals surface area contributed by atoms with Crippen molar-refractivity contribution >= 4 is 20.0 Å². The smallest absolute Gasteiger partial charge is 0.243 e. The normalized spacial score (nSPS) is 21.4. The lowest BCUT2D eigenvalue weighted by molar-refractivity contribution is 0.0169. The largest absolute Gasteiger partial charge is 0.379 e. The SMILES string of the molecule is O=S(=O)(NCCCOC[C@H]1CCCO1)c1ccc(S(=O)(=O)N2CCCC2)cc1. The number of nitrogens with one attached hydrogen (secondary N) is 1. The molecule has 2 aliphatic rings. The minimum atomic E-state index is -3.68. The van der Waals surface area contributed by atoms with Crippen LogP contribution in [0.4, 0.5) is 0 Å². The van der Waals surface area contributed by atoms with Crippen molar-refractivity contribution in [1.29, 1.82) is 0 Å². The van der Waals surface area contributed by atoms with Gasteiger partial charge >= 0.3 is 0 Å². The Balaban J connectivity index is 1.46. The second kappa shape index (κ2) is 9.64. The molecule has 3 rings (SSSR count). The molecule has 0 saturated carbocycles. The Morgan fingerprint density at radius 3 is 2.36 bits per heavy atom. The quantitative estimate of drug-likeness (QED) is 0.560. The molecule has 2 fully saturated rings. The monoisotopic (exact) mass is 432 g/mol. The van der Waals surface area contributed by atoms with E-state index in [1.54, 1.807) is 0 Å². The van der Waals surface area contributed by atoms with E-state index in [0.717, 1.165) is 32.3 Å². The van der Waals surface area contributed by atoms with Crippen LogP contribution >= 0.6 is 0 Å². The molecule has 1 aromatic rings. The van der Waals surface area contributed by atoms with E-state index in [2.05, 4.69) is 4.72 Å². The maximum absolute atomic E-state index is 12.5. The summed E-state index contributed by atoms with van der Waals surface area (Å²) in [6, 6.07) is 5.37. The van der Waals surface area contributed by atoms with Crippen LogP contribution in [0, 0.1) is 0 Å². The third kappa shape index (κ3) is 5.52. The Labute approximate surface area is 167 Å². The topological polar surface area (TPSA) is 102 Å². The van der Waals surface area contributed by atoms with Gasteiger partial charge in [0.1, 0.15) is 0 Å². The van der Waals surface area contributed by atoms with E-state index in [9.17, 15) is 16.8 Å². The lowest BCUT2D eigenvalue weighted by Gasteiger charge is -2.15. The third-order valence-electron chi connectivity index (χ3n) is 4.92. The molecule has 0 radical (unpaired) electrons. The van der Waals surface area contributed by atoms with Crippen molar-refractivity contribution in [3.05, 3.63) is 24.3 Å². The first-order chi connectivity index (χ1) is 13.4. The Bertz CT molecular complexity index is 827. The van der Waals surface area contributed by atoms with E-state index in [4.69, 9.17) is 9.47 Å². The molecular formula is C18H28N2O6S2. The van der Waals surface area contributed by atoms with Gasteiger partial charge in [0.2, 0.25) is 20.0 Å². The summed E-state index contributed by atoms with van der Waals surface area (Å²) in [6.07, 6.45) is 4.49. The number of sulfonamides is 2. The molecule has 0 amide bonds. The van der Waals surface area contributed by atoms with Crippen LogP contribution < -0.4 is 4.72 Å². The molecular weight excluding hydrogens is 404 g/mol. The summed E-state index contributed by atoms with van der Waals surface area (Å²) in [5.41, 5.74) is 0. The van der Waals surface area contributed by atoms with E-state index in [1.165, 1.54) is 28.6 Å². The summed E-state index contributed by atoms with van der Waals surface area (Å²) in [4.78, 5) is 0.170. The van der Waals surface area contributed by atoms with Gasteiger partial charge in [0.15, 0.2) is 0 Å². The number of rotatable bonds is 10. The average Bonchev–Trinajstić information content (AvgIpc) is 3.38. The van der Waals surface area contributed by atoms with Gasteiger partial charge in [-0.15, -0.1) is 0 Å². The third-order valence-corrected chi connectivity index (χ3v) is 8.31. The molecule has 0 unspecified atom stereocenters. The highest BCUT2D eigenvalue weighted by Gasteiger charge is 2.27. The molecule has 10 heteroatoms. The van der Waals surface area contributed by atoms with Crippen LogP contribution in [0.5, 0.6) is 0 Å². The van der Waals surface area contributed by atoms with Gasteiger partial charge < -0.3 is 9.47 Å². The van der Waals surface area contributed by atoms with E-state index < -0.39 is 20.0 Å². The standard InChI is InChI=1S/C18H28N2O6S2/c21-27(22,19-10-4-13-25-15-16-5-3-14-26-16)17-6-8-18(9-7-17)28(23,24)20-11-1-2-12-20/h6-9,16,19H,1-5,10-15H2/t16-/m1/s1. The maximum Gasteiger partial charge on any atom is 0.243 e. The van der Waals surface area contributed by atoms with Gasteiger partial charge in [-0.2, -0.15) is 4.31 Å². The fourth-order valence-electron chi connectivity index (χ4n) is 3.32. The van der Waals surface area contributed by atoms with Gasteiger partial charge in [-0.05, 0) is 56.4 Å². The Hall–Kier alpha value is -1.04. The fraction of sp³-hybridized carbons (Fsp3) is 0.667. The van der Waals surface area contributed by atoms with Crippen molar-refractivity contribution in [2.45, 2.75) is 48.0 Å². The minimum Gasteiger partial charge on any atom is -0.379 e. The van der Waals surface area contributed by atoms with Crippen LogP contribution in [0.1, 0.15) is 32.1 Å². The number of hydrogen-bond acceptors (Lipinski definition) is 6.